The van der Waals surface area contributed by atoms with Crippen LogP contribution in [0.3, 0.4) is 0 Å². The van der Waals surface area contributed by atoms with Crippen LogP contribution in [0.4, 0.5) is 5.69 Å². The summed E-state index contributed by atoms with van der Waals surface area (Å²) in [4.78, 5) is 4.05. The van der Waals surface area contributed by atoms with Crippen molar-refractivity contribution in [2.45, 2.75) is 17.9 Å². The summed E-state index contributed by atoms with van der Waals surface area (Å²) in [6, 6.07) is 8.40. The molecule has 0 amide bonds. The molecular weight excluding hydrogens is 354 g/mol. The van der Waals surface area contributed by atoms with E-state index in [2.05, 4.69) is 20.9 Å². The van der Waals surface area contributed by atoms with Crippen LogP contribution in [0, 0.1) is 0 Å². The number of hydrogen-bond acceptors (Lipinski definition) is 4. The van der Waals surface area contributed by atoms with E-state index >= 15 is 0 Å². The van der Waals surface area contributed by atoms with Crippen molar-refractivity contribution in [3.05, 3.63) is 52.8 Å². The largest absolute Gasteiger partial charge is 0.399 e. The molecule has 0 saturated carbocycles. The lowest BCUT2D eigenvalue weighted by atomic mass is 10.1. The van der Waals surface area contributed by atoms with Gasteiger partial charge in [-0.1, -0.05) is 12.1 Å². The summed E-state index contributed by atoms with van der Waals surface area (Å²) in [5.41, 5.74) is 7.20. The standard InChI is InChI=1S/C14H16BrN3O2S/c1-10(11-4-3-5-13(16)6-11)18(2)21(19,20)14-7-12(15)8-17-9-14/h3-10H,16H2,1-2H3. The van der Waals surface area contributed by atoms with Crippen molar-refractivity contribution in [1.82, 2.24) is 9.29 Å². The first kappa shape index (κ1) is 15.9. The average molecular weight is 370 g/mol. The maximum absolute atomic E-state index is 12.6. The topological polar surface area (TPSA) is 76.3 Å². The van der Waals surface area contributed by atoms with Gasteiger partial charge in [0.1, 0.15) is 4.90 Å². The normalized spacial score (nSPS) is 13.3. The van der Waals surface area contributed by atoms with Gasteiger partial charge in [-0.25, -0.2) is 8.42 Å². The van der Waals surface area contributed by atoms with E-state index in [-0.39, 0.29) is 10.9 Å². The zero-order chi connectivity index (χ0) is 15.6. The zero-order valence-corrected chi connectivity index (χ0v) is 14.1. The van der Waals surface area contributed by atoms with Crippen LogP contribution in [0.1, 0.15) is 18.5 Å². The lowest BCUT2D eigenvalue weighted by molar-refractivity contribution is 0.398. The summed E-state index contributed by atoms with van der Waals surface area (Å²) in [6.07, 6.45) is 2.88. The minimum Gasteiger partial charge on any atom is -0.399 e. The molecule has 1 atom stereocenters. The molecule has 0 fully saturated rings. The summed E-state index contributed by atoms with van der Waals surface area (Å²) >= 11 is 3.23. The predicted molar refractivity (Wildman–Crippen MR) is 86.2 cm³/mol. The Bertz CT molecular complexity index is 749. The summed E-state index contributed by atoms with van der Waals surface area (Å²) in [5.74, 6) is 0. The van der Waals surface area contributed by atoms with Crippen LogP contribution in [-0.4, -0.2) is 24.8 Å². The second-order valence-electron chi connectivity index (χ2n) is 4.71. The molecule has 2 aromatic rings. The first-order chi connectivity index (χ1) is 9.82. The van der Waals surface area contributed by atoms with Gasteiger partial charge >= 0.3 is 0 Å². The number of hydrogen-bond donors (Lipinski definition) is 1. The van der Waals surface area contributed by atoms with Crippen molar-refractivity contribution < 1.29 is 8.42 Å². The molecule has 2 rings (SSSR count). The van der Waals surface area contributed by atoms with Crippen LogP contribution in [0.5, 0.6) is 0 Å². The highest BCUT2D eigenvalue weighted by atomic mass is 79.9. The average Bonchev–Trinajstić information content (AvgIpc) is 2.45. The first-order valence-electron chi connectivity index (χ1n) is 6.26. The van der Waals surface area contributed by atoms with Crippen LogP contribution in [0.15, 0.2) is 52.1 Å². The Kier molecular flexibility index (Phi) is 4.65. The molecule has 0 spiro atoms. The molecule has 1 unspecified atom stereocenters. The van der Waals surface area contributed by atoms with E-state index in [1.807, 2.05) is 19.1 Å². The van der Waals surface area contributed by atoms with Gasteiger partial charge in [0.05, 0.1) is 0 Å². The van der Waals surface area contributed by atoms with Gasteiger partial charge in [0.15, 0.2) is 0 Å². The Morgan fingerprint density at radius 1 is 1.29 bits per heavy atom. The van der Waals surface area contributed by atoms with E-state index in [0.717, 1.165) is 5.56 Å². The smallest absolute Gasteiger partial charge is 0.244 e. The van der Waals surface area contributed by atoms with Crippen LogP contribution < -0.4 is 5.73 Å². The zero-order valence-electron chi connectivity index (χ0n) is 11.7. The first-order valence-corrected chi connectivity index (χ1v) is 8.49. The molecule has 0 radical (unpaired) electrons. The van der Waals surface area contributed by atoms with Gasteiger partial charge in [0.2, 0.25) is 10.0 Å². The molecule has 0 bridgehead atoms. The van der Waals surface area contributed by atoms with E-state index in [1.165, 1.54) is 16.6 Å². The SMILES string of the molecule is CC(c1cccc(N)c1)N(C)S(=O)(=O)c1cncc(Br)c1. The maximum atomic E-state index is 12.6. The van der Waals surface area contributed by atoms with Crippen LogP contribution in [0.2, 0.25) is 0 Å². The molecule has 1 aromatic heterocycles. The fourth-order valence-corrected chi connectivity index (χ4v) is 3.79. The van der Waals surface area contributed by atoms with E-state index in [0.29, 0.717) is 10.2 Å². The number of rotatable bonds is 4. The molecule has 0 aliphatic rings. The molecule has 2 N–H and O–H groups in total. The lowest BCUT2D eigenvalue weighted by Crippen LogP contribution is -2.30. The summed E-state index contributed by atoms with van der Waals surface area (Å²) in [6.45, 7) is 1.82. The number of pyridine rings is 1. The maximum Gasteiger partial charge on any atom is 0.244 e. The van der Waals surface area contributed by atoms with Gasteiger partial charge < -0.3 is 5.73 Å². The van der Waals surface area contributed by atoms with Crippen molar-refractivity contribution in [2.75, 3.05) is 12.8 Å². The number of nitrogens with zero attached hydrogens (tertiary/aromatic N) is 2. The summed E-state index contributed by atoms with van der Waals surface area (Å²) < 4.78 is 27.2. The Labute approximate surface area is 133 Å². The number of sulfonamides is 1. The summed E-state index contributed by atoms with van der Waals surface area (Å²) in [7, 11) is -2.08. The third-order valence-corrected chi connectivity index (χ3v) is 5.62. The van der Waals surface area contributed by atoms with Gasteiger partial charge in [-0.3, -0.25) is 4.98 Å². The molecule has 0 aliphatic carbocycles. The van der Waals surface area contributed by atoms with Crippen LogP contribution in [-0.2, 0) is 10.0 Å². The van der Waals surface area contributed by atoms with Crippen molar-refractivity contribution in [1.29, 1.82) is 0 Å². The van der Waals surface area contributed by atoms with E-state index in [9.17, 15) is 8.42 Å². The quantitative estimate of drug-likeness (QED) is 0.840. The van der Waals surface area contributed by atoms with E-state index in [4.69, 9.17) is 5.73 Å². The van der Waals surface area contributed by atoms with Crippen LogP contribution in [0.25, 0.3) is 0 Å². The highest BCUT2D eigenvalue weighted by Gasteiger charge is 2.26. The van der Waals surface area contributed by atoms with Gasteiger partial charge in [0, 0.05) is 35.6 Å². The number of aromatic nitrogens is 1. The molecule has 112 valence electrons. The van der Waals surface area contributed by atoms with Gasteiger partial charge in [-0.05, 0) is 46.6 Å². The lowest BCUT2D eigenvalue weighted by Gasteiger charge is -2.24. The fourth-order valence-electron chi connectivity index (χ4n) is 1.94. The van der Waals surface area contributed by atoms with E-state index < -0.39 is 10.0 Å². The highest BCUT2D eigenvalue weighted by Crippen LogP contribution is 2.27. The summed E-state index contributed by atoms with van der Waals surface area (Å²) in [5, 5.41) is 0. The third kappa shape index (κ3) is 3.42. The second-order valence-corrected chi connectivity index (χ2v) is 7.62. The monoisotopic (exact) mass is 369 g/mol. The van der Waals surface area contributed by atoms with Gasteiger partial charge in [-0.15, -0.1) is 0 Å². The Morgan fingerprint density at radius 2 is 2.00 bits per heavy atom. The van der Waals surface area contributed by atoms with E-state index in [1.54, 1.807) is 25.4 Å². The molecule has 0 saturated heterocycles. The number of nitrogen functional groups attached to an aromatic ring is 1. The Morgan fingerprint density at radius 3 is 2.62 bits per heavy atom. The molecule has 7 heteroatoms. The van der Waals surface area contributed by atoms with Gasteiger partial charge in [-0.2, -0.15) is 4.31 Å². The van der Waals surface area contributed by atoms with Crippen molar-refractivity contribution in [2.24, 2.45) is 0 Å². The number of halogens is 1. The Balaban J connectivity index is 2.36. The second kappa shape index (κ2) is 6.13. The number of benzene rings is 1. The minimum absolute atomic E-state index is 0.148. The van der Waals surface area contributed by atoms with Crippen LogP contribution >= 0.6 is 15.9 Å². The van der Waals surface area contributed by atoms with Gasteiger partial charge in [0.25, 0.3) is 0 Å². The predicted octanol–water partition coefficient (Wildman–Crippen LogP) is 2.81. The molecule has 1 heterocycles. The highest BCUT2D eigenvalue weighted by molar-refractivity contribution is 9.10. The molecular formula is C14H16BrN3O2S. The third-order valence-electron chi connectivity index (χ3n) is 3.30. The van der Waals surface area contributed by atoms with Crippen molar-refractivity contribution in [3.63, 3.8) is 0 Å². The minimum atomic E-state index is -3.62. The van der Waals surface area contributed by atoms with Crippen molar-refractivity contribution in [3.8, 4) is 0 Å². The molecule has 21 heavy (non-hydrogen) atoms. The molecule has 5 nitrogen and oxygen atoms in total. The fraction of sp³-hybridized carbons (Fsp3) is 0.214. The number of nitrogens with two attached hydrogens (primary N) is 1. The molecule has 0 aliphatic heterocycles. The molecule has 1 aromatic carbocycles. The Hall–Kier alpha value is -1.44. The number of anilines is 1. The van der Waals surface area contributed by atoms with Crippen molar-refractivity contribution >= 4 is 31.6 Å².